The van der Waals surface area contributed by atoms with E-state index in [0.29, 0.717) is 6.61 Å². The monoisotopic (exact) mass is 275 g/mol. The maximum atomic E-state index is 5.96. The van der Waals surface area contributed by atoms with Crippen LogP contribution in [0.1, 0.15) is 26.4 Å². The SMILES string of the molecule is CNCc1cc(COc2cc(C)ccc2C)c(C)s1. The average Bonchev–Trinajstić information content (AvgIpc) is 2.71. The molecule has 2 rings (SSSR count). The number of nitrogens with one attached hydrogen (secondary N) is 1. The van der Waals surface area contributed by atoms with Crippen molar-refractivity contribution in [3.63, 3.8) is 0 Å². The first-order valence-electron chi connectivity index (χ1n) is 6.53. The predicted molar refractivity (Wildman–Crippen MR) is 82.1 cm³/mol. The van der Waals surface area contributed by atoms with E-state index >= 15 is 0 Å². The number of ether oxygens (including phenoxy) is 1. The van der Waals surface area contributed by atoms with E-state index in [2.05, 4.69) is 50.4 Å². The molecule has 2 aromatic rings. The summed E-state index contributed by atoms with van der Waals surface area (Å²) in [6, 6.07) is 8.56. The Kier molecular flexibility index (Phi) is 4.61. The third kappa shape index (κ3) is 3.58. The lowest BCUT2D eigenvalue weighted by Crippen LogP contribution is -2.03. The molecule has 1 N–H and O–H groups in total. The molecule has 0 aliphatic heterocycles. The summed E-state index contributed by atoms with van der Waals surface area (Å²) in [6.45, 7) is 7.91. The van der Waals surface area contributed by atoms with Crippen LogP contribution in [0.15, 0.2) is 24.3 Å². The standard InChI is InChI=1S/C16H21NOS/c1-11-5-6-12(2)16(7-11)18-10-14-8-15(9-17-4)19-13(14)3/h5-8,17H,9-10H2,1-4H3. The van der Waals surface area contributed by atoms with Gasteiger partial charge >= 0.3 is 0 Å². The van der Waals surface area contributed by atoms with E-state index in [4.69, 9.17) is 4.74 Å². The zero-order chi connectivity index (χ0) is 13.8. The van der Waals surface area contributed by atoms with Crippen molar-refractivity contribution in [3.8, 4) is 5.75 Å². The minimum absolute atomic E-state index is 0.649. The Morgan fingerprint density at radius 3 is 2.68 bits per heavy atom. The molecule has 0 spiro atoms. The van der Waals surface area contributed by atoms with Gasteiger partial charge in [-0.15, -0.1) is 11.3 Å². The Balaban J connectivity index is 2.07. The molecule has 102 valence electrons. The van der Waals surface area contributed by atoms with Crippen molar-refractivity contribution in [3.05, 3.63) is 50.7 Å². The van der Waals surface area contributed by atoms with Gasteiger partial charge in [-0.3, -0.25) is 0 Å². The molecule has 0 atom stereocenters. The van der Waals surface area contributed by atoms with Gasteiger partial charge in [0.2, 0.25) is 0 Å². The topological polar surface area (TPSA) is 21.3 Å². The number of hydrogen-bond donors (Lipinski definition) is 1. The lowest BCUT2D eigenvalue weighted by molar-refractivity contribution is 0.303. The second-order valence-electron chi connectivity index (χ2n) is 4.88. The fourth-order valence-corrected chi connectivity index (χ4v) is 3.07. The Labute approximate surface area is 119 Å². The molecule has 19 heavy (non-hydrogen) atoms. The maximum Gasteiger partial charge on any atom is 0.122 e. The van der Waals surface area contributed by atoms with E-state index in [1.54, 1.807) is 0 Å². The van der Waals surface area contributed by atoms with Crippen molar-refractivity contribution in [1.82, 2.24) is 5.32 Å². The van der Waals surface area contributed by atoms with Crippen LogP contribution < -0.4 is 10.1 Å². The molecule has 1 heterocycles. The summed E-state index contributed by atoms with van der Waals surface area (Å²) < 4.78 is 5.96. The lowest BCUT2D eigenvalue weighted by atomic mass is 10.1. The first-order valence-corrected chi connectivity index (χ1v) is 7.34. The van der Waals surface area contributed by atoms with Crippen molar-refractivity contribution in [1.29, 1.82) is 0 Å². The van der Waals surface area contributed by atoms with Crippen LogP contribution in [0.25, 0.3) is 0 Å². The van der Waals surface area contributed by atoms with E-state index in [0.717, 1.165) is 12.3 Å². The molecular weight excluding hydrogens is 254 g/mol. The molecule has 0 aliphatic carbocycles. The molecule has 1 aromatic heterocycles. The molecule has 3 heteroatoms. The highest BCUT2D eigenvalue weighted by Gasteiger charge is 2.07. The Morgan fingerprint density at radius 2 is 1.95 bits per heavy atom. The van der Waals surface area contributed by atoms with Gasteiger partial charge in [-0.1, -0.05) is 12.1 Å². The third-order valence-electron chi connectivity index (χ3n) is 3.15. The molecule has 0 saturated heterocycles. The van der Waals surface area contributed by atoms with E-state index in [1.807, 2.05) is 18.4 Å². The summed E-state index contributed by atoms with van der Waals surface area (Å²) in [6.07, 6.45) is 0. The van der Waals surface area contributed by atoms with Crippen molar-refractivity contribution >= 4 is 11.3 Å². The second-order valence-corrected chi connectivity index (χ2v) is 6.22. The molecule has 0 unspecified atom stereocenters. The molecule has 0 bridgehead atoms. The molecule has 0 radical (unpaired) electrons. The van der Waals surface area contributed by atoms with Crippen molar-refractivity contribution in [2.45, 2.75) is 33.9 Å². The molecule has 2 nitrogen and oxygen atoms in total. The number of benzene rings is 1. The van der Waals surface area contributed by atoms with Crippen LogP contribution in [-0.4, -0.2) is 7.05 Å². The van der Waals surface area contributed by atoms with E-state index in [9.17, 15) is 0 Å². The van der Waals surface area contributed by atoms with Gasteiger partial charge in [0.05, 0.1) is 0 Å². The fourth-order valence-electron chi connectivity index (χ4n) is 2.01. The lowest BCUT2D eigenvalue weighted by Gasteiger charge is -2.09. The largest absolute Gasteiger partial charge is 0.489 e. The van der Waals surface area contributed by atoms with Gasteiger partial charge < -0.3 is 10.1 Å². The molecular formula is C16H21NOS. The maximum absolute atomic E-state index is 5.96. The van der Waals surface area contributed by atoms with Crippen molar-refractivity contribution < 1.29 is 4.74 Å². The van der Waals surface area contributed by atoms with Gasteiger partial charge in [0.1, 0.15) is 12.4 Å². The fraction of sp³-hybridized carbons (Fsp3) is 0.375. The Morgan fingerprint density at radius 1 is 1.16 bits per heavy atom. The summed E-state index contributed by atoms with van der Waals surface area (Å²) in [5, 5.41) is 3.18. The first kappa shape index (κ1) is 14.1. The molecule has 0 aliphatic rings. The number of hydrogen-bond acceptors (Lipinski definition) is 3. The van der Waals surface area contributed by atoms with E-state index < -0.39 is 0 Å². The molecule has 1 aromatic carbocycles. The summed E-state index contributed by atoms with van der Waals surface area (Å²) >= 11 is 1.84. The van der Waals surface area contributed by atoms with Gasteiger partial charge in [0.15, 0.2) is 0 Å². The average molecular weight is 275 g/mol. The minimum Gasteiger partial charge on any atom is -0.489 e. The van der Waals surface area contributed by atoms with Gasteiger partial charge in [-0.2, -0.15) is 0 Å². The molecule has 0 amide bonds. The highest BCUT2D eigenvalue weighted by Crippen LogP contribution is 2.25. The van der Waals surface area contributed by atoms with Crippen LogP contribution in [-0.2, 0) is 13.2 Å². The Bertz CT molecular complexity index is 560. The summed E-state index contributed by atoms with van der Waals surface area (Å²) in [5.74, 6) is 0.987. The van der Waals surface area contributed by atoms with Gasteiger partial charge in [-0.25, -0.2) is 0 Å². The van der Waals surface area contributed by atoms with Crippen LogP contribution in [0, 0.1) is 20.8 Å². The summed E-state index contributed by atoms with van der Waals surface area (Å²) in [7, 11) is 1.97. The molecule has 0 fully saturated rings. The molecule has 0 saturated carbocycles. The van der Waals surface area contributed by atoms with Gasteiger partial charge in [0, 0.05) is 21.9 Å². The third-order valence-corrected chi connectivity index (χ3v) is 4.24. The van der Waals surface area contributed by atoms with Crippen LogP contribution in [0.2, 0.25) is 0 Å². The zero-order valence-electron chi connectivity index (χ0n) is 12.0. The summed E-state index contributed by atoms with van der Waals surface area (Å²) in [5.41, 5.74) is 3.71. The van der Waals surface area contributed by atoms with Crippen LogP contribution >= 0.6 is 11.3 Å². The highest BCUT2D eigenvalue weighted by atomic mass is 32.1. The van der Waals surface area contributed by atoms with Crippen molar-refractivity contribution in [2.24, 2.45) is 0 Å². The van der Waals surface area contributed by atoms with Gasteiger partial charge in [0.25, 0.3) is 0 Å². The zero-order valence-corrected chi connectivity index (χ0v) is 12.9. The van der Waals surface area contributed by atoms with E-state index in [-0.39, 0.29) is 0 Å². The quantitative estimate of drug-likeness (QED) is 0.891. The smallest absolute Gasteiger partial charge is 0.122 e. The van der Waals surface area contributed by atoms with Crippen LogP contribution in [0.5, 0.6) is 5.75 Å². The highest BCUT2D eigenvalue weighted by molar-refractivity contribution is 7.12. The number of aryl methyl sites for hydroxylation is 3. The minimum atomic E-state index is 0.649. The number of rotatable bonds is 5. The predicted octanol–water partition coefficient (Wildman–Crippen LogP) is 3.97. The first-order chi connectivity index (χ1) is 9.10. The second kappa shape index (κ2) is 6.22. The van der Waals surface area contributed by atoms with Crippen molar-refractivity contribution in [2.75, 3.05) is 7.05 Å². The van der Waals surface area contributed by atoms with Gasteiger partial charge in [-0.05, 0) is 51.1 Å². The Hall–Kier alpha value is -1.32. The van der Waals surface area contributed by atoms with Crippen LogP contribution in [0.3, 0.4) is 0 Å². The summed E-state index contributed by atoms with van der Waals surface area (Å²) in [4.78, 5) is 2.70. The number of thiophene rings is 1. The van der Waals surface area contributed by atoms with E-state index in [1.165, 1.54) is 26.4 Å². The normalized spacial score (nSPS) is 10.7. The van der Waals surface area contributed by atoms with Crippen LogP contribution in [0.4, 0.5) is 0 Å².